The fourth-order valence-corrected chi connectivity index (χ4v) is 5.44. The van der Waals surface area contributed by atoms with E-state index in [1.807, 2.05) is 13.8 Å². The molecule has 0 radical (unpaired) electrons. The normalized spacial score (nSPS) is 36.9. The smallest absolute Gasteiger partial charge is 0.136 e. The molecule has 0 bridgehead atoms. The highest BCUT2D eigenvalue weighted by molar-refractivity contribution is 5.81. The van der Waals surface area contributed by atoms with Crippen molar-refractivity contribution < 1.29 is 9.59 Å². The molecule has 2 nitrogen and oxygen atoms in total. The summed E-state index contributed by atoms with van der Waals surface area (Å²) in [4.78, 5) is 24.3. The molecule has 2 rings (SSSR count). The van der Waals surface area contributed by atoms with Gasteiger partial charge in [-0.15, -0.1) is 0 Å². The van der Waals surface area contributed by atoms with Crippen molar-refractivity contribution >= 4 is 11.6 Å². The van der Waals surface area contributed by atoms with Gasteiger partial charge in [0.25, 0.3) is 0 Å². The molecule has 0 saturated heterocycles. The minimum atomic E-state index is 0.245. The summed E-state index contributed by atoms with van der Waals surface area (Å²) in [6.07, 6.45) is 6.62. The third-order valence-corrected chi connectivity index (χ3v) is 6.75. The van der Waals surface area contributed by atoms with E-state index in [0.29, 0.717) is 54.5 Å². The first-order chi connectivity index (χ1) is 10.3. The van der Waals surface area contributed by atoms with E-state index in [-0.39, 0.29) is 11.3 Å². The molecule has 0 aromatic heterocycles. The van der Waals surface area contributed by atoms with E-state index in [9.17, 15) is 9.59 Å². The van der Waals surface area contributed by atoms with Gasteiger partial charge in [-0.1, -0.05) is 41.0 Å². The van der Waals surface area contributed by atoms with Crippen LogP contribution in [0.25, 0.3) is 0 Å². The zero-order valence-electron chi connectivity index (χ0n) is 15.2. The highest BCUT2D eigenvalue weighted by Gasteiger charge is 2.54. The van der Waals surface area contributed by atoms with Crippen molar-refractivity contribution in [1.82, 2.24) is 0 Å². The maximum atomic E-state index is 12.5. The van der Waals surface area contributed by atoms with Gasteiger partial charge in [-0.25, -0.2) is 0 Å². The highest BCUT2D eigenvalue weighted by Crippen LogP contribution is 2.60. The van der Waals surface area contributed by atoms with Gasteiger partial charge in [0.2, 0.25) is 0 Å². The molecular formula is C20H34O2. The van der Waals surface area contributed by atoms with Gasteiger partial charge < -0.3 is 0 Å². The zero-order chi connectivity index (χ0) is 16.5. The van der Waals surface area contributed by atoms with Gasteiger partial charge in [0.05, 0.1) is 0 Å². The number of hydrogen-bond donors (Lipinski definition) is 0. The summed E-state index contributed by atoms with van der Waals surface area (Å²) in [6, 6.07) is 0. The number of rotatable bonds is 6. The first-order valence-corrected chi connectivity index (χ1v) is 9.36. The van der Waals surface area contributed by atoms with Gasteiger partial charge in [0.1, 0.15) is 11.6 Å². The van der Waals surface area contributed by atoms with Gasteiger partial charge >= 0.3 is 0 Å². The molecule has 2 aliphatic carbocycles. The highest BCUT2D eigenvalue weighted by atomic mass is 16.1. The Bertz CT molecular complexity index is 423. The lowest BCUT2D eigenvalue weighted by Crippen LogP contribution is -2.38. The average molecular weight is 306 g/mol. The van der Waals surface area contributed by atoms with E-state index in [0.717, 1.165) is 12.8 Å². The first kappa shape index (κ1) is 17.7. The van der Waals surface area contributed by atoms with Gasteiger partial charge in [-0.05, 0) is 48.3 Å². The van der Waals surface area contributed by atoms with Crippen LogP contribution in [0.15, 0.2) is 0 Å². The molecule has 126 valence electrons. The van der Waals surface area contributed by atoms with Crippen LogP contribution in [-0.4, -0.2) is 11.6 Å². The average Bonchev–Trinajstić information content (AvgIpc) is 2.76. The minimum absolute atomic E-state index is 0.245. The molecule has 0 spiro atoms. The molecule has 0 aromatic rings. The third kappa shape index (κ3) is 3.31. The van der Waals surface area contributed by atoms with Crippen molar-refractivity contribution in [1.29, 1.82) is 0 Å². The topological polar surface area (TPSA) is 34.1 Å². The molecule has 22 heavy (non-hydrogen) atoms. The van der Waals surface area contributed by atoms with Crippen molar-refractivity contribution in [2.75, 3.05) is 0 Å². The largest absolute Gasteiger partial charge is 0.300 e. The Balaban J connectivity index is 2.22. The molecule has 0 aliphatic heterocycles. The second-order valence-corrected chi connectivity index (χ2v) is 8.45. The Hall–Kier alpha value is -0.660. The molecule has 1 unspecified atom stereocenters. The summed E-state index contributed by atoms with van der Waals surface area (Å²) in [6.45, 7) is 11.0. The monoisotopic (exact) mass is 306 g/mol. The molecule has 0 aromatic carbocycles. The summed E-state index contributed by atoms with van der Waals surface area (Å²) >= 11 is 0. The van der Waals surface area contributed by atoms with Crippen LogP contribution < -0.4 is 0 Å². The number of carbonyl (C=O) groups is 2. The van der Waals surface area contributed by atoms with Crippen molar-refractivity contribution in [3.63, 3.8) is 0 Å². The van der Waals surface area contributed by atoms with E-state index in [1.165, 1.54) is 12.8 Å². The maximum absolute atomic E-state index is 12.5. The predicted molar refractivity (Wildman–Crippen MR) is 90.6 cm³/mol. The van der Waals surface area contributed by atoms with Gasteiger partial charge in [-0.2, -0.15) is 0 Å². The molecule has 2 saturated carbocycles. The second kappa shape index (κ2) is 6.84. The van der Waals surface area contributed by atoms with Gasteiger partial charge in [-0.3, -0.25) is 9.59 Å². The fourth-order valence-electron chi connectivity index (χ4n) is 5.44. The van der Waals surface area contributed by atoms with Crippen LogP contribution >= 0.6 is 0 Å². The van der Waals surface area contributed by atoms with E-state index in [4.69, 9.17) is 0 Å². The summed E-state index contributed by atoms with van der Waals surface area (Å²) in [5, 5.41) is 0. The predicted octanol–water partition coefficient (Wildman–Crippen LogP) is 5.05. The number of fused-ring (bicyclic) bond motifs is 1. The number of hydrogen-bond acceptors (Lipinski definition) is 2. The number of Topliss-reactive ketones (excluding diaryl/α,β-unsaturated/α-hetero) is 2. The fraction of sp³-hybridized carbons (Fsp3) is 0.900. The molecule has 0 amide bonds. The third-order valence-electron chi connectivity index (χ3n) is 6.75. The summed E-state index contributed by atoms with van der Waals surface area (Å²) in [5.74, 6) is 3.51. The standard InChI is InChI=1S/C20H34O2/c1-6-14(21)9-10-15-13(3)8-11-17-19(15)16(18(22)7-2)12-20(17,4)5/h13,15-17,19H,6-12H2,1-5H3/t13-,15+,16?,17+,19+/m0/s1. The molecule has 5 atom stereocenters. The van der Waals surface area contributed by atoms with Crippen LogP contribution in [0.5, 0.6) is 0 Å². The van der Waals surface area contributed by atoms with Crippen molar-refractivity contribution in [3.05, 3.63) is 0 Å². The molecule has 2 aliphatic rings. The Kier molecular flexibility index (Phi) is 5.50. The van der Waals surface area contributed by atoms with Crippen LogP contribution in [0.4, 0.5) is 0 Å². The maximum Gasteiger partial charge on any atom is 0.136 e. The summed E-state index contributed by atoms with van der Waals surface area (Å²) < 4.78 is 0. The Labute approximate surface area is 136 Å². The van der Waals surface area contributed by atoms with Crippen LogP contribution in [0, 0.1) is 35.0 Å². The van der Waals surface area contributed by atoms with Crippen LogP contribution in [0.2, 0.25) is 0 Å². The molecule has 0 heterocycles. The number of ketones is 2. The van der Waals surface area contributed by atoms with Crippen molar-refractivity contribution in [2.45, 2.75) is 79.6 Å². The SMILES string of the molecule is CCC(=O)CC[C@H]1[C@@H]2C(C(=O)CC)CC(C)(C)[C@@H]2CC[C@@H]1C. The number of carbonyl (C=O) groups excluding carboxylic acids is 2. The Morgan fingerprint density at radius 2 is 1.77 bits per heavy atom. The van der Waals surface area contributed by atoms with E-state index in [2.05, 4.69) is 20.8 Å². The lowest BCUT2D eigenvalue weighted by Gasteiger charge is -2.44. The van der Waals surface area contributed by atoms with Crippen molar-refractivity contribution in [3.8, 4) is 0 Å². The van der Waals surface area contributed by atoms with Crippen LogP contribution in [0.1, 0.15) is 79.6 Å². The lowest BCUT2D eigenvalue weighted by atomic mass is 9.61. The Morgan fingerprint density at radius 1 is 1.09 bits per heavy atom. The lowest BCUT2D eigenvalue weighted by molar-refractivity contribution is -0.125. The molecule has 2 heteroatoms. The summed E-state index contributed by atoms with van der Waals surface area (Å²) in [5.41, 5.74) is 0.285. The van der Waals surface area contributed by atoms with Gasteiger partial charge in [0.15, 0.2) is 0 Å². The van der Waals surface area contributed by atoms with Crippen LogP contribution in [0.3, 0.4) is 0 Å². The Morgan fingerprint density at radius 3 is 2.36 bits per heavy atom. The minimum Gasteiger partial charge on any atom is -0.300 e. The summed E-state index contributed by atoms with van der Waals surface area (Å²) in [7, 11) is 0. The van der Waals surface area contributed by atoms with Gasteiger partial charge in [0, 0.05) is 25.2 Å². The molecular weight excluding hydrogens is 272 g/mol. The second-order valence-electron chi connectivity index (χ2n) is 8.45. The molecule has 2 fully saturated rings. The zero-order valence-corrected chi connectivity index (χ0v) is 15.2. The van der Waals surface area contributed by atoms with E-state index in [1.54, 1.807) is 0 Å². The van der Waals surface area contributed by atoms with Crippen molar-refractivity contribution in [2.24, 2.45) is 35.0 Å². The molecule has 0 N–H and O–H groups in total. The van der Waals surface area contributed by atoms with Crippen LogP contribution in [-0.2, 0) is 9.59 Å². The van der Waals surface area contributed by atoms with E-state index < -0.39 is 0 Å². The quantitative estimate of drug-likeness (QED) is 0.688. The first-order valence-electron chi connectivity index (χ1n) is 9.36. The van der Waals surface area contributed by atoms with E-state index >= 15 is 0 Å².